The molecule has 1 aliphatic rings. The summed E-state index contributed by atoms with van der Waals surface area (Å²) in [4.78, 5) is 23.3. The van der Waals surface area contributed by atoms with Gasteiger partial charge in [0.05, 0.1) is 18.4 Å². The quantitative estimate of drug-likeness (QED) is 0.845. The van der Waals surface area contributed by atoms with Crippen LogP contribution in [-0.4, -0.2) is 23.6 Å². The molecule has 2 unspecified atom stereocenters. The van der Waals surface area contributed by atoms with Crippen LogP contribution in [0.2, 0.25) is 0 Å². The minimum atomic E-state index is -0.879. The van der Waals surface area contributed by atoms with Crippen LogP contribution < -0.4 is 10.1 Å². The first-order valence-electron chi connectivity index (χ1n) is 7.38. The van der Waals surface area contributed by atoms with Crippen molar-refractivity contribution in [2.45, 2.75) is 32.6 Å². The summed E-state index contributed by atoms with van der Waals surface area (Å²) < 4.78 is 5.47. The molecule has 1 aromatic rings. The first-order valence-corrected chi connectivity index (χ1v) is 7.38. The molecular weight excluding hydrogens is 270 g/mol. The lowest BCUT2D eigenvalue weighted by Crippen LogP contribution is -2.29. The number of carboxylic acids is 1. The van der Waals surface area contributed by atoms with Crippen LogP contribution in [-0.2, 0) is 9.59 Å². The number of rotatable bonds is 6. The van der Waals surface area contributed by atoms with E-state index in [0.717, 1.165) is 18.6 Å². The Morgan fingerprint density at radius 1 is 1.24 bits per heavy atom. The number of carbonyl (C=O) groups is 2. The van der Waals surface area contributed by atoms with Crippen molar-refractivity contribution in [1.29, 1.82) is 0 Å². The highest BCUT2D eigenvalue weighted by Crippen LogP contribution is 2.33. The van der Waals surface area contributed by atoms with Gasteiger partial charge in [0, 0.05) is 5.69 Å². The number of aliphatic carboxylic acids is 1. The number of ether oxygens (including phenoxy) is 1. The highest BCUT2D eigenvalue weighted by molar-refractivity contribution is 5.95. The first kappa shape index (κ1) is 15.4. The number of hydrogen-bond acceptors (Lipinski definition) is 3. The third-order valence-electron chi connectivity index (χ3n) is 3.76. The van der Waals surface area contributed by atoms with Gasteiger partial charge in [-0.2, -0.15) is 0 Å². The second-order valence-electron chi connectivity index (χ2n) is 5.34. The Labute approximate surface area is 124 Å². The number of carboxylic acid groups (broad SMARTS) is 1. The Bertz CT molecular complexity index is 498. The summed E-state index contributed by atoms with van der Waals surface area (Å²) in [6.07, 6.45) is 2.95. The predicted octanol–water partition coefficient (Wildman–Crippen LogP) is 2.91. The number of hydrogen-bond donors (Lipinski definition) is 2. The molecule has 0 radical (unpaired) electrons. The van der Waals surface area contributed by atoms with E-state index in [2.05, 4.69) is 5.32 Å². The number of anilines is 1. The fourth-order valence-electron chi connectivity index (χ4n) is 2.66. The van der Waals surface area contributed by atoms with Gasteiger partial charge in [-0.1, -0.05) is 13.3 Å². The van der Waals surface area contributed by atoms with Crippen molar-refractivity contribution in [2.24, 2.45) is 11.8 Å². The maximum atomic E-state index is 12.2. The maximum absolute atomic E-state index is 12.2. The monoisotopic (exact) mass is 291 g/mol. The molecule has 5 nitrogen and oxygen atoms in total. The highest BCUT2D eigenvalue weighted by atomic mass is 16.5. The molecule has 5 heteroatoms. The van der Waals surface area contributed by atoms with Crippen LogP contribution in [0.15, 0.2) is 24.3 Å². The van der Waals surface area contributed by atoms with Gasteiger partial charge in [0.15, 0.2) is 0 Å². The molecule has 0 aromatic heterocycles. The lowest BCUT2D eigenvalue weighted by molar-refractivity contribution is -0.145. The average molecular weight is 291 g/mol. The van der Waals surface area contributed by atoms with Crippen LogP contribution in [0.5, 0.6) is 5.75 Å². The van der Waals surface area contributed by atoms with Crippen molar-refractivity contribution >= 4 is 17.6 Å². The van der Waals surface area contributed by atoms with Crippen molar-refractivity contribution in [2.75, 3.05) is 11.9 Å². The number of carbonyl (C=O) groups excluding carboxylic acids is 1. The Morgan fingerprint density at radius 2 is 1.90 bits per heavy atom. The molecule has 1 amide bonds. The fourth-order valence-corrected chi connectivity index (χ4v) is 2.66. The molecule has 0 spiro atoms. The van der Waals surface area contributed by atoms with Crippen LogP contribution in [0.4, 0.5) is 5.69 Å². The molecule has 1 aliphatic carbocycles. The van der Waals surface area contributed by atoms with Gasteiger partial charge in [-0.15, -0.1) is 0 Å². The van der Waals surface area contributed by atoms with Gasteiger partial charge >= 0.3 is 5.97 Å². The van der Waals surface area contributed by atoms with Gasteiger partial charge in [-0.05, 0) is 43.5 Å². The van der Waals surface area contributed by atoms with Gasteiger partial charge in [0.25, 0.3) is 0 Å². The Kier molecular flexibility index (Phi) is 5.20. The molecule has 114 valence electrons. The van der Waals surface area contributed by atoms with E-state index in [0.29, 0.717) is 25.1 Å². The van der Waals surface area contributed by atoms with E-state index in [4.69, 9.17) is 9.84 Å². The molecular formula is C16H21NO4. The third-order valence-corrected chi connectivity index (χ3v) is 3.76. The molecule has 0 saturated heterocycles. The van der Waals surface area contributed by atoms with E-state index in [1.54, 1.807) is 24.3 Å². The standard InChI is InChI=1S/C16H21NO4/c1-2-10-21-12-8-6-11(7-9-12)17-15(18)13-4-3-5-14(13)16(19)20/h6-9,13-14H,2-5,10H2,1H3,(H,17,18)(H,19,20). The number of amides is 1. The molecule has 1 aromatic carbocycles. The molecule has 21 heavy (non-hydrogen) atoms. The van der Waals surface area contributed by atoms with Gasteiger partial charge < -0.3 is 15.2 Å². The minimum absolute atomic E-state index is 0.206. The second kappa shape index (κ2) is 7.11. The van der Waals surface area contributed by atoms with Gasteiger partial charge in [-0.25, -0.2) is 0 Å². The van der Waals surface area contributed by atoms with Crippen molar-refractivity contribution < 1.29 is 19.4 Å². The summed E-state index contributed by atoms with van der Waals surface area (Å²) in [5.74, 6) is -1.31. The van der Waals surface area contributed by atoms with Gasteiger partial charge in [0.1, 0.15) is 5.75 Å². The lowest BCUT2D eigenvalue weighted by Gasteiger charge is -2.15. The fraction of sp³-hybridized carbons (Fsp3) is 0.500. The summed E-state index contributed by atoms with van der Waals surface area (Å²) in [6.45, 7) is 2.70. The molecule has 0 aliphatic heterocycles. The normalized spacial score (nSPS) is 21.0. The first-order chi connectivity index (χ1) is 10.1. The van der Waals surface area contributed by atoms with Crippen molar-refractivity contribution in [3.8, 4) is 5.75 Å². The summed E-state index contributed by atoms with van der Waals surface area (Å²) in [5, 5.41) is 11.9. The topological polar surface area (TPSA) is 75.6 Å². The Morgan fingerprint density at radius 3 is 2.52 bits per heavy atom. The molecule has 2 rings (SSSR count). The van der Waals surface area contributed by atoms with Crippen LogP contribution in [0.3, 0.4) is 0 Å². The summed E-state index contributed by atoms with van der Waals surface area (Å²) in [7, 11) is 0. The highest BCUT2D eigenvalue weighted by Gasteiger charge is 2.37. The van der Waals surface area contributed by atoms with E-state index in [1.807, 2.05) is 6.92 Å². The van der Waals surface area contributed by atoms with Crippen LogP contribution >= 0.6 is 0 Å². The predicted molar refractivity (Wildman–Crippen MR) is 79.3 cm³/mol. The second-order valence-corrected chi connectivity index (χ2v) is 5.34. The van der Waals surface area contributed by atoms with E-state index in [9.17, 15) is 9.59 Å². The van der Waals surface area contributed by atoms with Gasteiger partial charge in [0.2, 0.25) is 5.91 Å². The minimum Gasteiger partial charge on any atom is -0.494 e. The summed E-state index contributed by atoms with van der Waals surface area (Å²) in [5.41, 5.74) is 0.667. The van der Waals surface area contributed by atoms with E-state index in [1.165, 1.54) is 0 Å². The Balaban J connectivity index is 1.94. The summed E-state index contributed by atoms with van der Waals surface area (Å²) >= 11 is 0. The van der Waals surface area contributed by atoms with Crippen molar-refractivity contribution in [3.63, 3.8) is 0 Å². The third kappa shape index (κ3) is 3.97. The van der Waals surface area contributed by atoms with Crippen LogP contribution in [0.25, 0.3) is 0 Å². The zero-order valence-electron chi connectivity index (χ0n) is 12.2. The number of nitrogens with one attached hydrogen (secondary N) is 1. The molecule has 1 fully saturated rings. The molecule has 2 N–H and O–H groups in total. The van der Waals surface area contributed by atoms with E-state index < -0.39 is 17.8 Å². The van der Waals surface area contributed by atoms with Crippen molar-refractivity contribution in [1.82, 2.24) is 0 Å². The molecule has 2 atom stereocenters. The van der Waals surface area contributed by atoms with Crippen LogP contribution in [0, 0.1) is 11.8 Å². The molecule has 0 heterocycles. The lowest BCUT2D eigenvalue weighted by atomic mass is 9.95. The SMILES string of the molecule is CCCOc1ccc(NC(=O)C2CCCC2C(=O)O)cc1. The van der Waals surface area contributed by atoms with Crippen molar-refractivity contribution in [3.05, 3.63) is 24.3 Å². The molecule has 0 bridgehead atoms. The van der Waals surface area contributed by atoms with Crippen LogP contribution in [0.1, 0.15) is 32.6 Å². The Hall–Kier alpha value is -2.04. The van der Waals surface area contributed by atoms with E-state index in [-0.39, 0.29) is 5.91 Å². The smallest absolute Gasteiger partial charge is 0.307 e. The zero-order chi connectivity index (χ0) is 15.2. The van der Waals surface area contributed by atoms with E-state index >= 15 is 0 Å². The summed E-state index contributed by atoms with van der Waals surface area (Å²) in [6, 6.07) is 7.14. The largest absolute Gasteiger partial charge is 0.494 e. The average Bonchev–Trinajstić information content (AvgIpc) is 2.96. The molecule has 1 saturated carbocycles. The zero-order valence-corrected chi connectivity index (χ0v) is 12.2. The maximum Gasteiger partial charge on any atom is 0.307 e. The number of benzene rings is 1. The van der Waals surface area contributed by atoms with Gasteiger partial charge in [-0.3, -0.25) is 9.59 Å².